The number of benzene rings is 1. The molecule has 2 heterocycles. The van der Waals surface area contributed by atoms with Crippen molar-refractivity contribution in [3.63, 3.8) is 0 Å². The van der Waals surface area contributed by atoms with Crippen LogP contribution in [0.15, 0.2) is 36.4 Å². The Balaban J connectivity index is 2.15. The van der Waals surface area contributed by atoms with Crippen molar-refractivity contribution in [3.8, 4) is 17.5 Å². The number of methoxy groups -OCH3 is 1. The van der Waals surface area contributed by atoms with Gasteiger partial charge in [0.2, 0.25) is 5.28 Å². The molecule has 0 radical (unpaired) electrons. The summed E-state index contributed by atoms with van der Waals surface area (Å²) >= 11 is 5.83. The largest absolute Gasteiger partial charge is 0.467 e. The molecule has 0 saturated carbocycles. The third kappa shape index (κ3) is 2.32. The number of halogens is 1. The molecular weight excluding hydrogens is 264 g/mol. The van der Waals surface area contributed by atoms with Crippen LogP contribution in [0.2, 0.25) is 5.28 Å². The Kier molecular flexibility index (Phi) is 2.97. The summed E-state index contributed by atoms with van der Waals surface area (Å²) in [4.78, 5) is 16.5. The zero-order valence-corrected chi connectivity index (χ0v) is 10.8. The molecule has 0 unspecified atom stereocenters. The minimum absolute atomic E-state index is 0.0804. The summed E-state index contributed by atoms with van der Waals surface area (Å²) in [5.41, 5.74) is 1.50. The van der Waals surface area contributed by atoms with E-state index in [1.807, 2.05) is 36.4 Å². The van der Waals surface area contributed by atoms with Gasteiger partial charge in [0.05, 0.1) is 12.6 Å². The molecule has 0 aliphatic rings. The first-order valence-electron chi connectivity index (χ1n) is 5.58. The molecule has 0 fully saturated rings. The summed E-state index contributed by atoms with van der Waals surface area (Å²) in [5, 5.41) is 1.13. The molecule has 0 saturated heterocycles. The highest BCUT2D eigenvalue weighted by Crippen LogP contribution is 2.20. The van der Waals surface area contributed by atoms with Crippen LogP contribution in [0.25, 0.3) is 22.4 Å². The smallest absolute Gasteiger partial charge is 0.321 e. The van der Waals surface area contributed by atoms with Crippen molar-refractivity contribution in [1.29, 1.82) is 0 Å². The van der Waals surface area contributed by atoms with E-state index in [4.69, 9.17) is 16.3 Å². The van der Waals surface area contributed by atoms with Gasteiger partial charge in [-0.15, -0.1) is 0 Å². The molecule has 2 aromatic heterocycles. The summed E-state index contributed by atoms with van der Waals surface area (Å²) in [7, 11) is 1.48. The second-order valence-corrected chi connectivity index (χ2v) is 4.14. The van der Waals surface area contributed by atoms with Crippen LogP contribution in [0.5, 0.6) is 6.01 Å². The fourth-order valence-corrected chi connectivity index (χ4v) is 1.88. The van der Waals surface area contributed by atoms with Crippen LogP contribution in [-0.4, -0.2) is 27.0 Å². The number of fused-ring (bicyclic) bond motifs is 1. The van der Waals surface area contributed by atoms with E-state index >= 15 is 0 Å². The van der Waals surface area contributed by atoms with Crippen molar-refractivity contribution in [3.05, 3.63) is 41.7 Å². The molecule has 3 aromatic rings. The Morgan fingerprint density at radius 3 is 2.63 bits per heavy atom. The molecule has 6 heteroatoms. The summed E-state index contributed by atoms with van der Waals surface area (Å²) in [6.07, 6.45) is 0. The van der Waals surface area contributed by atoms with Crippen LogP contribution in [0.1, 0.15) is 0 Å². The number of ether oxygens (including phenoxy) is 1. The van der Waals surface area contributed by atoms with E-state index in [0.29, 0.717) is 11.5 Å². The normalized spacial score (nSPS) is 10.6. The summed E-state index contributed by atoms with van der Waals surface area (Å²) in [6.45, 7) is 0. The van der Waals surface area contributed by atoms with Crippen molar-refractivity contribution in [2.24, 2.45) is 0 Å². The molecule has 0 spiro atoms. The number of hydrogen-bond acceptors (Lipinski definition) is 5. The lowest BCUT2D eigenvalue weighted by Gasteiger charge is -2.03. The lowest BCUT2D eigenvalue weighted by molar-refractivity contribution is 0.378. The van der Waals surface area contributed by atoms with Crippen LogP contribution in [-0.2, 0) is 0 Å². The van der Waals surface area contributed by atoms with Crippen LogP contribution in [0.4, 0.5) is 0 Å². The van der Waals surface area contributed by atoms with Crippen molar-refractivity contribution in [2.75, 3.05) is 7.11 Å². The molecule has 3 rings (SSSR count). The zero-order valence-electron chi connectivity index (χ0n) is 10.0. The molecule has 0 aliphatic carbocycles. The third-order valence-electron chi connectivity index (χ3n) is 2.60. The molecular formula is C13H9ClN4O. The Labute approximate surface area is 114 Å². The maximum atomic E-state index is 5.83. The van der Waals surface area contributed by atoms with Gasteiger partial charge in [0.25, 0.3) is 0 Å². The lowest BCUT2D eigenvalue weighted by atomic mass is 10.2. The van der Waals surface area contributed by atoms with Gasteiger partial charge >= 0.3 is 6.01 Å². The average Bonchev–Trinajstić information content (AvgIpc) is 2.46. The second kappa shape index (κ2) is 4.78. The van der Waals surface area contributed by atoms with E-state index in [9.17, 15) is 0 Å². The summed E-state index contributed by atoms with van der Waals surface area (Å²) < 4.78 is 4.97. The molecule has 0 aliphatic heterocycles. The molecule has 5 nitrogen and oxygen atoms in total. The Morgan fingerprint density at radius 2 is 1.79 bits per heavy atom. The number of aromatic nitrogens is 4. The second-order valence-electron chi connectivity index (χ2n) is 3.80. The molecule has 0 N–H and O–H groups in total. The van der Waals surface area contributed by atoms with Crippen molar-refractivity contribution in [2.45, 2.75) is 0 Å². The van der Waals surface area contributed by atoms with Gasteiger partial charge < -0.3 is 4.74 Å². The molecule has 1 aromatic carbocycles. The first-order valence-corrected chi connectivity index (χ1v) is 5.96. The fourth-order valence-electron chi connectivity index (χ4n) is 1.73. The van der Waals surface area contributed by atoms with Gasteiger partial charge in [-0.3, -0.25) is 0 Å². The number of pyridine rings is 1. The molecule has 0 bridgehead atoms. The highest BCUT2D eigenvalue weighted by molar-refractivity contribution is 6.28. The van der Waals surface area contributed by atoms with Gasteiger partial charge in [-0.1, -0.05) is 24.3 Å². The highest BCUT2D eigenvalue weighted by atomic mass is 35.5. The predicted molar refractivity (Wildman–Crippen MR) is 72.1 cm³/mol. The molecule has 0 atom stereocenters. The molecule has 94 valence electrons. The van der Waals surface area contributed by atoms with Crippen molar-refractivity contribution in [1.82, 2.24) is 19.9 Å². The Hall–Kier alpha value is -2.27. The minimum atomic E-state index is 0.0804. The van der Waals surface area contributed by atoms with E-state index in [2.05, 4.69) is 19.9 Å². The van der Waals surface area contributed by atoms with Crippen LogP contribution >= 0.6 is 11.6 Å². The Bertz CT molecular complexity index is 748. The van der Waals surface area contributed by atoms with Gasteiger partial charge in [0.15, 0.2) is 5.82 Å². The van der Waals surface area contributed by atoms with Gasteiger partial charge in [-0.25, -0.2) is 4.98 Å². The quantitative estimate of drug-likeness (QED) is 0.718. The highest BCUT2D eigenvalue weighted by Gasteiger charge is 2.09. The van der Waals surface area contributed by atoms with Crippen LogP contribution in [0, 0.1) is 0 Å². The molecule has 19 heavy (non-hydrogen) atoms. The lowest BCUT2D eigenvalue weighted by Crippen LogP contribution is -1.99. The van der Waals surface area contributed by atoms with E-state index in [-0.39, 0.29) is 11.3 Å². The summed E-state index contributed by atoms with van der Waals surface area (Å²) in [5.74, 6) is 0.391. The van der Waals surface area contributed by atoms with Gasteiger partial charge in [0.1, 0.15) is 5.69 Å². The number of para-hydroxylation sites is 1. The van der Waals surface area contributed by atoms with Crippen molar-refractivity contribution >= 4 is 22.5 Å². The van der Waals surface area contributed by atoms with Crippen molar-refractivity contribution < 1.29 is 4.74 Å². The number of rotatable bonds is 2. The van der Waals surface area contributed by atoms with Crippen LogP contribution in [0.3, 0.4) is 0 Å². The fraction of sp³-hybridized carbons (Fsp3) is 0.0769. The maximum Gasteiger partial charge on any atom is 0.321 e. The predicted octanol–water partition coefficient (Wildman–Crippen LogP) is 2.75. The standard InChI is InChI=1S/C13H9ClN4O/c1-19-13-17-11(16-12(14)18-13)10-7-6-8-4-2-3-5-9(8)15-10/h2-7H,1H3. The van der Waals surface area contributed by atoms with Gasteiger partial charge in [0, 0.05) is 5.39 Å². The van der Waals surface area contributed by atoms with Gasteiger partial charge in [-0.05, 0) is 23.7 Å². The molecule has 0 amide bonds. The van der Waals surface area contributed by atoms with E-state index < -0.39 is 0 Å². The summed E-state index contributed by atoms with van der Waals surface area (Å²) in [6, 6.07) is 11.8. The monoisotopic (exact) mass is 272 g/mol. The first-order chi connectivity index (χ1) is 9.26. The Morgan fingerprint density at radius 1 is 0.947 bits per heavy atom. The van der Waals surface area contributed by atoms with E-state index in [1.165, 1.54) is 7.11 Å². The average molecular weight is 273 g/mol. The first kappa shape index (κ1) is 11.8. The number of nitrogens with zero attached hydrogens (tertiary/aromatic N) is 4. The minimum Gasteiger partial charge on any atom is -0.467 e. The number of hydrogen-bond donors (Lipinski definition) is 0. The zero-order chi connectivity index (χ0) is 13.2. The SMILES string of the molecule is COc1nc(Cl)nc(-c2ccc3ccccc3n2)n1. The van der Waals surface area contributed by atoms with E-state index in [0.717, 1.165) is 10.9 Å². The maximum absolute atomic E-state index is 5.83. The third-order valence-corrected chi connectivity index (χ3v) is 2.77. The topological polar surface area (TPSA) is 60.8 Å². The van der Waals surface area contributed by atoms with Gasteiger partial charge in [-0.2, -0.15) is 15.0 Å². The van der Waals surface area contributed by atoms with E-state index in [1.54, 1.807) is 0 Å². The van der Waals surface area contributed by atoms with Crippen LogP contribution < -0.4 is 4.74 Å².